The molecule has 0 saturated carbocycles. The molecule has 0 aliphatic heterocycles. The third-order valence-electron chi connectivity index (χ3n) is 2.52. The molecular formula is C12H16N6S. The van der Waals surface area contributed by atoms with Gasteiger partial charge in [0, 0.05) is 17.5 Å². The highest BCUT2D eigenvalue weighted by Crippen LogP contribution is 2.33. The number of hydrazine groups is 1. The van der Waals surface area contributed by atoms with Gasteiger partial charge in [0.2, 0.25) is 0 Å². The molecule has 19 heavy (non-hydrogen) atoms. The van der Waals surface area contributed by atoms with E-state index in [4.69, 9.17) is 5.84 Å². The zero-order chi connectivity index (χ0) is 13.8. The smallest absolute Gasteiger partial charge is 0.194 e. The van der Waals surface area contributed by atoms with E-state index in [9.17, 15) is 0 Å². The number of hydrogen-bond donors (Lipinski definition) is 2. The average molecular weight is 276 g/mol. The molecule has 0 aliphatic carbocycles. The molecular weight excluding hydrogens is 260 g/mol. The molecule has 0 saturated heterocycles. The highest BCUT2D eigenvalue weighted by atomic mass is 32.2. The largest absolute Gasteiger partial charge is 0.308 e. The predicted molar refractivity (Wildman–Crippen MR) is 74.8 cm³/mol. The Morgan fingerprint density at radius 3 is 2.68 bits per heavy atom. The third kappa shape index (κ3) is 3.18. The second-order valence-corrected chi connectivity index (χ2v) is 5.28. The second kappa shape index (κ2) is 5.94. The van der Waals surface area contributed by atoms with Gasteiger partial charge in [-0.25, -0.2) is 25.8 Å². The minimum atomic E-state index is 0.250. The second-order valence-electron chi connectivity index (χ2n) is 4.32. The number of nitrogens with zero attached hydrogens (tertiary/aromatic N) is 4. The van der Waals surface area contributed by atoms with Crippen molar-refractivity contribution in [3.05, 3.63) is 29.8 Å². The van der Waals surface area contributed by atoms with Gasteiger partial charge < -0.3 is 5.43 Å². The summed E-state index contributed by atoms with van der Waals surface area (Å²) in [6.07, 6.45) is 3.22. The van der Waals surface area contributed by atoms with Crippen LogP contribution in [0.2, 0.25) is 0 Å². The molecule has 0 unspecified atom stereocenters. The van der Waals surface area contributed by atoms with Gasteiger partial charge in [-0.2, -0.15) is 0 Å². The molecule has 6 nitrogen and oxygen atoms in total. The summed E-state index contributed by atoms with van der Waals surface area (Å²) in [5.74, 6) is 6.38. The molecule has 2 aromatic rings. The first-order chi connectivity index (χ1) is 9.11. The lowest BCUT2D eigenvalue weighted by Gasteiger charge is -2.14. The van der Waals surface area contributed by atoms with Gasteiger partial charge in [-0.15, -0.1) is 0 Å². The van der Waals surface area contributed by atoms with Crippen LogP contribution >= 0.6 is 11.8 Å². The van der Waals surface area contributed by atoms with Crippen LogP contribution < -0.4 is 11.3 Å². The van der Waals surface area contributed by atoms with Gasteiger partial charge in [0.05, 0.1) is 0 Å². The maximum absolute atomic E-state index is 5.49. The standard InChI is InChI=1S/C12H16N6S/c1-7(2)9-10(18-13)15-6-16-11(9)19-12-14-5-4-8(3)17-12/h4-7H,13H2,1-3H3,(H,15,16,18). The van der Waals surface area contributed by atoms with Crippen LogP contribution in [0.5, 0.6) is 0 Å². The lowest BCUT2D eigenvalue weighted by atomic mass is 10.1. The first-order valence-corrected chi connectivity index (χ1v) is 6.72. The summed E-state index contributed by atoms with van der Waals surface area (Å²) in [6.45, 7) is 6.07. The zero-order valence-electron chi connectivity index (χ0n) is 11.1. The van der Waals surface area contributed by atoms with Crippen molar-refractivity contribution < 1.29 is 0 Å². The predicted octanol–water partition coefficient (Wildman–Crippen LogP) is 2.14. The number of hydrogen-bond acceptors (Lipinski definition) is 7. The SMILES string of the molecule is Cc1ccnc(Sc2ncnc(NN)c2C(C)C)n1. The van der Waals surface area contributed by atoms with Crippen LogP contribution in [0.3, 0.4) is 0 Å². The summed E-state index contributed by atoms with van der Waals surface area (Å²) >= 11 is 1.42. The topological polar surface area (TPSA) is 89.6 Å². The molecule has 0 spiro atoms. The molecule has 0 atom stereocenters. The summed E-state index contributed by atoms with van der Waals surface area (Å²) in [7, 11) is 0. The molecule has 0 bridgehead atoms. The van der Waals surface area contributed by atoms with Gasteiger partial charge in [-0.05, 0) is 30.7 Å². The number of anilines is 1. The van der Waals surface area contributed by atoms with Gasteiger partial charge in [0.25, 0.3) is 0 Å². The van der Waals surface area contributed by atoms with Crippen LogP contribution in [0, 0.1) is 6.92 Å². The molecule has 2 heterocycles. The first kappa shape index (κ1) is 13.7. The van der Waals surface area contributed by atoms with Gasteiger partial charge in [0.15, 0.2) is 5.16 Å². The third-order valence-corrected chi connectivity index (χ3v) is 3.42. The lowest BCUT2D eigenvalue weighted by Crippen LogP contribution is -2.13. The van der Waals surface area contributed by atoms with Crippen molar-refractivity contribution in [1.82, 2.24) is 19.9 Å². The zero-order valence-corrected chi connectivity index (χ0v) is 11.9. The number of aryl methyl sites for hydroxylation is 1. The van der Waals surface area contributed by atoms with Gasteiger partial charge in [0.1, 0.15) is 17.2 Å². The van der Waals surface area contributed by atoms with Crippen LogP contribution in [-0.2, 0) is 0 Å². The monoisotopic (exact) mass is 276 g/mol. The van der Waals surface area contributed by atoms with E-state index in [2.05, 4.69) is 39.2 Å². The highest BCUT2D eigenvalue weighted by Gasteiger charge is 2.16. The van der Waals surface area contributed by atoms with E-state index >= 15 is 0 Å². The number of rotatable bonds is 4. The van der Waals surface area contributed by atoms with Crippen LogP contribution in [-0.4, -0.2) is 19.9 Å². The molecule has 7 heteroatoms. The quantitative estimate of drug-likeness (QED) is 0.382. The molecule has 0 aromatic carbocycles. The minimum absolute atomic E-state index is 0.250. The fraction of sp³-hybridized carbons (Fsp3) is 0.333. The number of nitrogens with one attached hydrogen (secondary N) is 1. The average Bonchev–Trinajstić information content (AvgIpc) is 2.38. The van der Waals surface area contributed by atoms with Crippen molar-refractivity contribution >= 4 is 17.6 Å². The van der Waals surface area contributed by atoms with E-state index < -0.39 is 0 Å². The van der Waals surface area contributed by atoms with E-state index in [-0.39, 0.29) is 5.92 Å². The maximum Gasteiger partial charge on any atom is 0.194 e. The van der Waals surface area contributed by atoms with Gasteiger partial charge in [-0.1, -0.05) is 13.8 Å². The molecule has 100 valence electrons. The Labute approximate surface area is 116 Å². The van der Waals surface area contributed by atoms with E-state index in [0.717, 1.165) is 16.3 Å². The Kier molecular flexibility index (Phi) is 4.28. The summed E-state index contributed by atoms with van der Waals surface area (Å²) < 4.78 is 0. The highest BCUT2D eigenvalue weighted by molar-refractivity contribution is 7.99. The van der Waals surface area contributed by atoms with Crippen molar-refractivity contribution in [2.75, 3.05) is 5.43 Å². The van der Waals surface area contributed by atoms with Crippen molar-refractivity contribution in [3.63, 3.8) is 0 Å². The number of nitrogens with two attached hydrogens (primary N) is 1. The van der Waals surface area contributed by atoms with Gasteiger partial charge >= 0.3 is 0 Å². The van der Waals surface area contributed by atoms with Crippen molar-refractivity contribution in [2.45, 2.75) is 36.9 Å². The molecule has 0 radical (unpaired) electrons. The fourth-order valence-corrected chi connectivity index (χ4v) is 2.68. The number of nitrogen functional groups attached to an aromatic ring is 1. The summed E-state index contributed by atoms with van der Waals surface area (Å²) in [6, 6.07) is 1.86. The van der Waals surface area contributed by atoms with Crippen molar-refractivity contribution in [3.8, 4) is 0 Å². The molecule has 2 aromatic heterocycles. The molecule has 0 amide bonds. The summed E-state index contributed by atoms with van der Waals surface area (Å²) in [5, 5.41) is 1.49. The van der Waals surface area contributed by atoms with E-state index in [0.29, 0.717) is 11.0 Å². The maximum atomic E-state index is 5.49. The van der Waals surface area contributed by atoms with E-state index in [1.807, 2.05) is 13.0 Å². The molecule has 0 fully saturated rings. The Morgan fingerprint density at radius 1 is 1.26 bits per heavy atom. The Hall–Kier alpha value is -1.73. The Bertz CT molecular complexity index is 572. The van der Waals surface area contributed by atoms with Gasteiger partial charge in [-0.3, -0.25) is 0 Å². The van der Waals surface area contributed by atoms with E-state index in [1.54, 1.807) is 6.20 Å². The van der Waals surface area contributed by atoms with Crippen LogP contribution in [0.15, 0.2) is 28.8 Å². The molecule has 2 rings (SSSR count). The van der Waals surface area contributed by atoms with Crippen LogP contribution in [0.1, 0.15) is 31.0 Å². The minimum Gasteiger partial charge on any atom is -0.308 e. The normalized spacial score (nSPS) is 10.8. The fourth-order valence-electron chi connectivity index (χ4n) is 1.66. The number of aromatic nitrogens is 4. The lowest BCUT2D eigenvalue weighted by molar-refractivity contribution is 0.801. The Balaban J connectivity index is 2.39. The summed E-state index contributed by atoms with van der Waals surface area (Å²) in [4.78, 5) is 17.0. The van der Waals surface area contributed by atoms with Crippen molar-refractivity contribution in [2.24, 2.45) is 5.84 Å². The van der Waals surface area contributed by atoms with E-state index in [1.165, 1.54) is 18.1 Å². The summed E-state index contributed by atoms with van der Waals surface area (Å²) in [5.41, 5.74) is 4.51. The van der Waals surface area contributed by atoms with Crippen LogP contribution in [0.25, 0.3) is 0 Å². The molecule has 3 N–H and O–H groups in total. The first-order valence-electron chi connectivity index (χ1n) is 5.90. The molecule has 0 aliphatic rings. The van der Waals surface area contributed by atoms with Crippen LogP contribution in [0.4, 0.5) is 5.82 Å². The van der Waals surface area contributed by atoms with Crippen molar-refractivity contribution in [1.29, 1.82) is 0 Å². The Morgan fingerprint density at radius 2 is 2.05 bits per heavy atom.